The van der Waals surface area contributed by atoms with Crippen LogP contribution in [0.4, 0.5) is 0 Å². The Balaban J connectivity index is 1.75. The van der Waals surface area contributed by atoms with E-state index in [1.807, 2.05) is 6.92 Å². The molecule has 3 aliphatic carbocycles. The molecule has 0 aromatic rings. The molecule has 0 amide bonds. The van der Waals surface area contributed by atoms with Gasteiger partial charge in [-0.3, -0.25) is 0 Å². The Hall–Kier alpha value is -0.120. The van der Waals surface area contributed by atoms with Crippen LogP contribution in [0.1, 0.15) is 60.3 Å². The zero-order valence-corrected chi connectivity index (χ0v) is 15.1. The van der Waals surface area contributed by atoms with E-state index in [1.165, 1.54) is 25.7 Å². The molecule has 1 saturated heterocycles. The summed E-state index contributed by atoms with van der Waals surface area (Å²) >= 11 is 0. The van der Waals surface area contributed by atoms with Crippen molar-refractivity contribution in [2.45, 2.75) is 77.8 Å². The Morgan fingerprint density at radius 3 is 2.45 bits per heavy atom. The van der Waals surface area contributed by atoms with Gasteiger partial charge in [0.25, 0.3) is 0 Å². The standard InChI is InChI=1S/C19H32O3/c1-12-7-8-13-16(2,3)14-9-19(12,13)10-15-18(14,5)22-17(4,21-15)11-20-6/h12-15H,7-11H2,1-6H3. The van der Waals surface area contributed by atoms with Gasteiger partial charge in [-0.05, 0) is 68.1 Å². The minimum atomic E-state index is -0.581. The van der Waals surface area contributed by atoms with Crippen LogP contribution in [0, 0.1) is 28.6 Å². The highest BCUT2D eigenvalue weighted by molar-refractivity contribution is 5.21. The van der Waals surface area contributed by atoms with Crippen molar-refractivity contribution in [3.63, 3.8) is 0 Å². The van der Waals surface area contributed by atoms with Crippen LogP contribution < -0.4 is 0 Å². The molecule has 4 rings (SSSR count). The van der Waals surface area contributed by atoms with Gasteiger partial charge in [-0.15, -0.1) is 0 Å². The Labute approximate surface area is 135 Å². The van der Waals surface area contributed by atoms with E-state index in [2.05, 4.69) is 27.7 Å². The van der Waals surface area contributed by atoms with E-state index in [9.17, 15) is 0 Å². The van der Waals surface area contributed by atoms with Crippen LogP contribution in [0.5, 0.6) is 0 Å². The molecular formula is C19H32O3. The normalized spacial score (nSPS) is 58.6. The third-order valence-corrected chi connectivity index (χ3v) is 8.07. The molecular weight excluding hydrogens is 276 g/mol. The molecule has 3 nitrogen and oxygen atoms in total. The van der Waals surface area contributed by atoms with Crippen molar-refractivity contribution < 1.29 is 14.2 Å². The lowest BCUT2D eigenvalue weighted by Crippen LogP contribution is -2.52. The van der Waals surface area contributed by atoms with Gasteiger partial charge < -0.3 is 14.2 Å². The molecule has 0 radical (unpaired) electrons. The fourth-order valence-electron chi connectivity index (χ4n) is 7.23. The van der Waals surface area contributed by atoms with Crippen LogP contribution in [-0.4, -0.2) is 31.2 Å². The van der Waals surface area contributed by atoms with Crippen LogP contribution in [0.25, 0.3) is 0 Å². The highest BCUT2D eigenvalue weighted by Gasteiger charge is 2.74. The first-order chi connectivity index (χ1) is 10.2. The Bertz CT molecular complexity index is 489. The maximum atomic E-state index is 6.60. The van der Waals surface area contributed by atoms with Crippen LogP contribution >= 0.6 is 0 Å². The van der Waals surface area contributed by atoms with Crippen molar-refractivity contribution in [3.05, 3.63) is 0 Å². The minimum Gasteiger partial charge on any atom is -0.379 e. The molecule has 22 heavy (non-hydrogen) atoms. The van der Waals surface area contributed by atoms with Gasteiger partial charge in [0.15, 0.2) is 5.79 Å². The molecule has 1 aliphatic heterocycles. The number of methoxy groups -OCH3 is 1. The summed E-state index contributed by atoms with van der Waals surface area (Å²) in [6.45, 7) is 12.3. The average molecular weight is 308 g/mol. The van der Waals surface area contributed by atoms with E-state index >= 15 is 0 Å². The van der Waals surface area contributed by atoms with Gasteiger partial charge in [0.05, 0.1) is 11.7 Å². The average Bonchev–Trinajstić information content (AvgIpc) is 2.92. The molecule has 0 aromatic carbocycles. The van der Waals surface area contributed by atoms with Crippen LogP contribution in [0.15, 0.2) is 0 Å². The molecule has 2 bridgehead atoms. The molecule has 0 N–H and O–H groups in total. The number of ether oxygens (including phenoxy) is 3. The van der Waals surface area contributed by atoms with E-state index in [0.717, 1.165) is 11.8 Å². The molecule has 126 valence electrons. The lowest BCUT2D eigenvalue weighted by atomic mass is 9.63. The zero-order valence-electron chi connectivity index (χ0n) is 15.1. The van der Waals surface area contributed by atoms with Gasteiger partial charge in [-0.25, -0.2) is 0 Å². The number of fused-ring (bicyclic) bond motifs is 3. The molecule has 3 heteroatoms. The topological polar surface area (TPSA) is 27.7 Å². The van der Waals surface area contributed by atoms with E-state index in [4.69, 9.17) is 14.2 Å². The Morgan fingerprint density at radius 2 is 1.77 bits per heavy atom. The summed E-state index contributed by atoms with van der Waals surface area (Å²) in [6, 6.07) is 0. The molecule has 1 spiro atoms. The molecule has 7 atom stereocenters. The second kappa shape index (κ2) is 4.29. The molecule has 7 unspecified atom stereocenters. The van der Waals surface area contributed by atoms with E-state index in [1.54, 1.807) is 7.11 Å². The van der Waals surface area contributed by atoms with Crippen LogP contribution in [0.2, 0.25) is 0 Å². The second-order valence-corrected chi connectivity index (χ2v) is 9.51. The van der Waals surface area contributed by atoms with E-state index in [0.29, 0.717) is 23.4 Å². The van der Waals surface area contributed by atoms with E-state index in [-0.39, 0.29) is 11.7 Å². The molecule has 3 saturated carbocycles. The molecule has 4 fully saturated rings. The summed E-state index contributed by atoms with van der Waals surface area (Å²) in [5, 5.41) is 0. The largest absolute Gasteiger partial charge is 0.379 e. The predicted molar refractivity (Wildman–Crippen MR) is 85.5 cm³/mol. The zero-order chi connectivity index (χ0) is 16.0. The first kappa shape index (κ1) is 15.4. The van der Waals surface area contributed by atoms with Gasteiger partial charge in [0, 0.05) is 7.11 Å². The number of hydrogen-bond acceptors (Lipinski definition) is 3. The smallest absolute Gasteiger partial charge is 0.190 e. The molecule has 1 heterocycles. The van der Waals surface area contributed by atoms with Crippen molar-refractivity contribution in [2.75, 3.05) is 13.7 Å². The van der Waals surface area contributed by atoms with Crippen molar-refractivity contribution in [2.24, 2.45) is 28.6 Å². The maximum Gasteiger partial charge on any atom is 0.190 e. The van der Waals surface area contributed by atoms with Crippen LogP contribution in [-0.2, 0) is 14.2 Å². The second-order valence-electron chi connectivity index (χ2n) is 9.51. The number of rotatable bonds is 2. The lowest BCUT2D eigenvalue weighted by molar-refractivity contribution is -0.212. The predicted octanol–water partition coefficient (Wildman–Crippen LogP) is 4.01. The SMILES string of the molecule is COCC1(C)OC2CC34CC(C(C)(C)C3CCC4C)C2(C)O1. The van der Waals surface area contributed by atoms with Crippen molar-refractivity contribution in [1.82, 2.24) is 0 Å². The highest BCUT2D eigenvalue weighted by atomic mass is 16.8. The quantitative estimate of drug-likeness (QED) is 0.771. The summed E-state index contributed by atoms with van der Waals surface area (Å²) in [5.74, 6) is 1.67. The summed E-state index contributed by atoms with van der Waals surface area (Å²) in [6.07, 6.45) is 5.50. The van der Waals surface area contributed by atoms with Gasteiger partial charge >= 0.3 is 0 Å². The highest BCUT2D eigenvalue weighted by Crippen LogP contribution is 2.75. The molecule has 0 aromatic heterocycles. The summed E-state index contributed by atoms with van der Waals surface area (Å²) in [7, 11) is 1.73. The Morgan fingerprint density at radius 1 is 1.05 bits per heavy atom. The summed E-state index contributed by atoms with van der Waals surface area (Å²) in [5.41, 5.74) is 0.669. The summed E-state index contributed by atoms with van der Waals surface area (Å²) in [4.78, 5) is 0. The fourth-order valence-corrected chi connectivity index (χ4v) is 7.23. The van der Waals surface area contributed by atoms with Gasteiger partial charge in [-0.1, -0.05) is 20.8 Å². The molecule has 4 aliphatic rings. The first-order valence-corrected chi connectivity index (χ1v) is 9.05. The van der Waals surface area contributed by atoms with Gasteiger partial charge in [0.1, 0.15) is 6.61 Å². The number of hydrogen-bond donors (Lipinski definition) is 0. The maximum absolute atomic E-state index is 6.60. The van der Waals surface area contributed by atoms with Crippen molar-refractivity contribution >= 4 is 0 Å². The minimum absolute atomic E-state index is 0.161. The third-order valence-electron chi connectivity index (χ3n) is 8.07. The fraction of sp³-hybridized carbons (Fsp3) is 1.00. The third kappa shape index (κ3) is 1.63. The van der Waals surface area contributed by atoms with Gasteiger partial charge in [-0.2, -0.15) is 0 Å². The van der Waals surface area contributed by atoms with Crippen LogP contribution in [0.3, 0.4) is 0 Å². The monoisotopic (exact) mass is 308 g/mol. The first-order valence-electron chi connectivity index (χ1n) is 9.05. The van der Waals surface area contributed by atoms with Crippen molar-refractivity contribution in [3.8, 4) is 0 Å². The van der Waals surface area contributed by atoms with Gasteiger partial charge in [0.2, 0.25) is 0 Å². The summed E-state index contributed by atoms with van der Waals surface area (Å²) < 4.78 is 18.4. The van der Waals surface area contributed by atoms with Crippen molar-refractivity contribution in [1.29, 1.82) is 0 Å². The van der Waals surface area contributed by atoms with E-state index < -0.39 is 5.79 Å². The Kier molecular flexibility index (Phi) is 3.00. The lowest BCUT2D eigenvalue weighted by Gasteiger charge is -2.47.